The first-order valence-corrected chi connectivity index (χ1v) is 19.1. The Morgan fingerprint density at radius 3 is 2.03 bits per heavy atom. The van der Waals surface area contributed by atoms with Crippen LogP contribution in [-0.2, 0) is 20.6 Å². The number of Topliss-reactive ketones (excluding diaryl/α,β-unsaturated/α-hetero) is 1. The molecule has 0 spiro atoms. The average molecular weight is 609 g/mol. The second-order valence-electron chi connectivity index (χ2n) is 10.9. The molecule has 0 unspecified atom stereocenters. The molecule has 0 amide bonds. The zero-order chi connectivity index (χ0) is 25.4. The molecule has 0 N–H and O–H groups in total. The minimum atomic E-state index is -2.18. The topological polar surface area (TPSA) is 35.5 Å². The second kappa shape index (κ2) is 12.8. The Bertz CT molecular complexity index is 949. The van der Waals surface area contributed by atoms with E-state index >= 15 is 0 Å². The molecule has 3 nitrogen and oxygen atoms in total. The highest BCUT2D eigenvalue weighted by Crippen LogP contribution is 2.36. The lowest BCUT2D eigenvalue weighted by Gasteiger charge is -2.36. The normalized spacial score (nSPS) is 13.5. The van der Waals surface area contributed by atoms with Gasteiger partial charge in [-0.1, -0.05) is 99.7 Å². The van der Waals surface area contributed by atoms with Gasteiger partial charge in [-0.15, -0.1) is 0 Å². The molecular weight excluding hydrogens is 567 g/mol. The Kier molecular flexibility index (Phi) is 10.9. The molecule has 0 atom stereocenters. The van der Waals surface area contributed by atoms with E-state index < -0.39 is 16.4 Å². The van der Waals surface area contributed by atoms with Crippen LogP contribution in [-0.4, -0.2) is 35.4 Å². The molecule has 0 aromatic heterocycles. The van der Waals surface area contributed by atoms with Crippen LogP contribution in [0.2, 0.25) is 31.2 Å². The summed E-state index contributed by atoms with van der Waals surface area (Å²) in [6, 6.07) is 20.7. The molecule has 34 heavy (non-hydrogen) atoms. The van der Waals surface area contributed by atoms with E-state index in [9.17, 15) is 4.79 Å². The lowest BCUT2D eigenvalue weighted by atomic mass is 10.2. The molecule has 2 aromatic carbocycles. The monoisotopic (exact) mass is 608 g/mol. The van der Waals surface area contributed by atoms with Gasteiger partial charge in [0.25, 0.3) is 0 Å². The van der Waals surface area contributed by atoms with Crippen molar-refractivity contribution in [2.45, 2.75) is 71.4 Å². The summed E-state index contributed by atoms with van der Waals surface area (Å²) >= 11 is 2.34. The number of benzene rings is 2. The highest BCUT2D eigenvalue weighted by molar-refractivity contribution is 14.1. The number of ether oxygens (including phenoxy) is 1. The maximum absolute atomic E-state index is 13.6. The number of halogens is 1. The summed E-state index contributed by atoms with van der Waals surface area (Å²) in [6.07, 6.45) is 1.27. The molecule has 2 rings (SSSR count). The molecule has 2 aromatic rings. The second-order valence-corrected chi connectivity index (χ2v) is 21.3. The van der Waals surface area contributed by atoms with E-state index in [2.05, 4.69) is 106 Å². The first kappa shape index (κ1) is 29.2. The fourth-order valence-corrected chi connectivity index (χ4v) is 10.2. The van der Waals surface area contributed by atoms with E-state index in [0.717, 1.165) is 20.8 Å². The van der Waals surface area contributed by atoms with E-state index in [1.165, 1.54) is 5.19 Å². The Balaban J connectivity index is 2.16. The molecule has 0 aliphatic rings. The Hall–Kier alpha value is -1.07. The molecule has 0 saturated carbocycles. The van der Waals surface area contributed by atoms with Crippen LogP contribution in [0.3, 0.4) is 0 Å². The molecule has 0 saturated heterocycles. The summed E-state index contributed by atoms with van der Waals surface area (Å²) in [4.78, 5) is 13.6. The smallest absolute Gasteiger partial charge is 0.191 e. The molecule has 0 aliphatic carbocycles. The standard InChI is InChI=1S/C28H41IO3Si2/c1-28(2,3)34(6,7)32-20-14-19-26(30)27(33(4,5)24-17-12-9-13-18-24)25(29)22-31-21-23-15-10-8-11-16-23/h8-13,15-18H,14,19-22H2,1-7H3/b27-25+. The quantitative estimate of drug-likeness (QED) is 0.109. The molecule has 6 heteroatoms. The first-order chi connectivity index (χ1) is 15.9. The highest BCUT2D eigenvalue weighted by Gasteiger charge is 2.37. The zero-order valence-corrected chi connectivity index (χ0v) is 26.1. The van der Waals surface area contributed by atoms with Gasteiger partial charge >= 0.3 is 0 Å². The van der Waals surface area contributed by atoms with Gasteiger partial charge < -0.3 is 9.16 Å². The van der Waals surface area contributed by atoms with Gasteiger partial charge in [0.1, 0.15) is 8.07 Å². The maximum Gasteiger partial charge on any atom is 0.191 e. The lowest BCUT2D eigenvalue weighted by Crippen LogP contribution is -2.47. The van der Waals surface area contributed by atoms with Crippen molar-refractivity contribution in [2.24, 2.45) is 0 Å². The van der Waals surface area contributed by atoms with E-state index in [0.29, 0.717) is 26.2 Å². The van der Waals surface area contributed by atoms with Crippen molar-refractivity contribution in [1.29, 1.82) is 0 Å². The van der Waals surface area contributed by atoms with Crippen molar-refractivity contribution >= 4 is 50.0 Å². The average Bonchev–Trinajstić information content (AvgIpc) is 2.77. The maximum atomic E-state index is 13.6. The lowest BCUT2D eigenvalue weighted by molar-refractivity contribution is -0.115. The summed E-state index contributed by atoms with van der Waals surface area (Å²) in [5, 5.41) is 2.43. The predicted molar refractivity (Wildman–Crippen MR) is 158 cm³/mol. The van der Waals surface area contributed by atoms with Gasteiger partial charge in [0.2, 0.25) is 0 Å². The first-order valence-electron chi connectivity index (χ1n) is 12.1. The molecule has 186 valence electrons. The van der Waals surface area contributed by atoms with Gasteiger partial charge in [-0.25, -0.2) is 0 Å². The third-order valence-electron chi connectivity index (χ3n) is 6.83. The highest BCUT2D eigenvalue weighted by atomic mass is 127. The third kappa shape index (κ3) is 8.26. The summed E-state index contributed by atoms with van der Waals surface area (Å²) in [7, 11) is -3.98. The van der Waals surface area contributed by atoms with Crippen molar-refractivity contribution in [3.05, 3.63) is 75.0 Å². The van der Waals surface area contributed by atoms with Crippen LogP contribution in [0.25, 0.3) is 0 Å². The van der Waals surface area contributed by atoms with Crippen molar-refractivity contribution in [3.63, 3.8) is 0 Å². The van der Waals surface area contributed by atoms with Crippen LogP contribution in [0.5, 0.6) is 0 Å². The van der Waals surface area contributed by atoms with Gasteiger partial charge in [-0.2, -0.15) is 0 Å². The fourth-order valence-electron chi connectivity index (χ4n) is 3.64. The Labute approximate surface area is 222 Å². The van der Waals surface area contributed by atoms with Crippen LogP contribution < -0.4 is 5.19 Å². The summed E-state index contributed by atoms with van der Waals surface area (Å²) in [5.41, 5.74) is 1.14. The summed E-state index contributed by atoms with van der Waals surface area (Å²) in [6.45, 7) is 17.5. The minimum Gasteiger partial charge on any atom is -0.417 e. The van der Waals surface area contributed by atoms with Crippen molar-refractivity contribution in [2.75, 3.05) is 13.2 Å². The Morgan fingerprint density at radius 2 is 1.47 bits per heavy atom. The van der Waals surface area contributed by atoms with Crippen molar-refractivity contribution < 1.29 is 14.0 Å². The van der Waals surface area contributed by atoms with Gasteiger partial charge in [0, 0.05) is 16.6 Å². The van der Waals surface area contributed by atoms with E-state index in [1.807, 2.05) is 24.3 Å². The number of hydrogen-bond donors (Lipinski definition) is 0. The number of ketones is 1. The third-order valence-corrected chi connectivity index (χ3v) is 16.3. The Morgan fingerprint density at radius 1 is 0.912 bits per heavy atom. The molecule has 0 aliphatic heterocycles. The van der Waals surface area contributed by atoms with Gasteiger partial charge in [0.05, 0.1) is 13.2 Å². The number of carbonyl (C=O) groups excluding carboxylic acids is 1. The van der Waals surface area contributed by atoms with Crippen LogP contribution >= 0.6 is 22.6 Å². The number of carbonyl (C=O) groups is 1. The number of allylic oxidation sites excluding steroid dienone is 1. The molecule has 0 radical (unpaired) electrons. The van der Waals surface area contributed by atoms with Crippen LogP contribution in [0.15, 0.2) is 69.4 Å². The van der Waals surface area contributed by atoms with Gasteiger partial charge in [-0.3, -0.25) is 4.79 Å². The largest absolute Gasteiger partial charge is 0.417 e. The molecule has 0 bridgehead atoms. The molecular formula is C28H41IO3Si2. The predicted octanol–water partition coefficient (Wildman–Crippen LogP) is 7.42. The van der Waals surface area contributed by atoms with E-state index in [-0.39, 0.29) is 10.8 Å². The van der Waals surface area contributed by atoms with E-state index in [4.69, 9.17) is 9.16 Å². The summed E-state index contributed by atoms with van der Waals surface area (Å²) in [5.74, 6) is 0.243. The number of rotatable bonds is 12. The fraction of sp³-hybridized carbons (Fsp3) is 0.464. The molecule has 0 fully saturated rings. The van der Waals surface area contributed by atoms with Crippen LogP contribution in [0.1, 0.15) is 39.2 Å². The minimum absolute atomic E-state index is 0.176. The van der Waals surface area contributed by atoms with Gasteiger partial charge in [0.15, 0.2) is 14.1 Å². The van der Waals surface area contributed by atoms with Gasteiger partial charge in [-0.05, 0) is 57.9 Å². The zero-order valence-electron chi connectivity index (χ0n) is 21.9. The SMILES string of the molecule is CC(C)(C)[Si](C)(C)OCCCC(=O)/C(=C(\I)COCc1ccccc1)[Si](C)(C)c1ccccc1. The number of hydrogen-bond acceptors (Lipinski definition) is 3. The van der Waals surface area contributed by atoms with E-state index in [1.54, 1.807) is 0 Å². The molecule has 0 heterocycles. The van der Waals surface area contributed by atoms with Crippen molar-refractivity contribution in [3.8, 4) is 0 Å². The van der Waals surface area contributed by atoms with Crippen molar-refractivity contribution in [1.82, 2.24) is 0 Å². The van der Waals surface area contributed by atoms with Crippen LogP contribution in [0, 0.1) is 0 Å². The summed E-state index contributed by atoms with van der Waals surface area (Å²) < 4.78 is 13.4. The van der Waals surface area contributed by atoms with Crippen LogP contribution in [0.4, 0.5) is 0 Å².